The largest absolute Gasteiger partial charge is 0.462 e. The Balaban J connectivity index is 1.34. The molecule has 0 atom stereocenters. The number of hydrogen-bond donors (Lipinski definition) is 1. The first-order valence-electron chi connectivity index (χ1n) is 8.89. The van der Waals surface area contributed by atoms with Crippen molar-refractivity contribution in [3.8, 4) is 0 Å². The van der Waals surface area contributed by atoms with E-state index in [1.807, 2.05) is 12.1 Å². The van der Waals surface area contributed by atoms with Gasteiger partial charge in [-0.2, -0.15) is 0 Å². The van der Waals surface area contributed by atoms with Crippen LogP contribution in [0.5, 0.6) is 0 Å². The number of aryl methyl sites for hydroxylation is 1. The highest BCUT2D eigenvalue weighted by Gasteiger charge is 2.11. The first-order chi connectivity index (χ1) is 13.6. The van der Waals surface area contributed by atoms with Crippen LogP contribution in [-0.4, -0.2) is 27.5 Å². The number of carbonyl (C=O) groups excluding carboxylic acids is 1. The predicted molar refractivity (Wildman–Crippen MR) is 105 cm³/mol. The molecule has 0 amide bonds. The van der Waals surface area contributed by atoms with Crippen molar-refractivity contribution in [2.45, 2.75) is 12.8 Å². The summed E-state index contributed by atoms with van der Waals surface area (Å²) in [5.74, 6) is 0.349. The third kappa shape index (κ3) is 3.68. The van der Waals surface area contributed by atoms with Gasteiger partial charge in [0, 0.05) is 18.6 Å². The fourth-order valence-electron chi connectivity index (χ4n) is 3.08. The monoisotopic (exact) mass is 375 g/mol. The number of benzene rings is 3. The Hall–Kier alpha value is -3.74. The molecular formula is C21H17N3O4. The van der Waals surface area contributed by atoms with E-state index in [1.165, 1.54) is 24.3 Å². The van der Waals surface area contributed by atoms with Crippen molar-refractivity contribution < 1.29 is 14.5 Å². The van der Waals surface area contributed by atoms with Crippen molar-refractivity contribution in [2.75, 3.05) is 6.61 Å². The Morgan fingerprint density at radius 3 is 2.50 bits per heavy atom. The van der Waals surface area contributed by atoms with E-state index < -0.39 is 10.9 Å². The fourth-order valence-corrected chi connectivity index (χ4v) is 3.08. The number of fused-ring (bicyclic) bond motifs is 2. The lowest BCUT2D eigenvalue weighted by atomic mass is 10.1. The van der Waals surface area contributed by atoms with Crippen molar-refractivity contribution in [3.05, 3.63) is 82.2 Å². The number of H-pyrrole nitrogens is 1. The molecule has 0 aliphatic heterocycles. The smallest absolute Gasteiger partial charge is 0.338 e. The van der Waals surface area contributed by atoms with Crippen LogP contribution in [0.15, 0.2) is 60.7 Å². The van der Waals surface area contributed by atoms with E-state index in [1.54, 1.807) is 0 Å². The molecule has 0 saturated heterocycles. The molecular weight excluding hydrogens is 358 g/mol. The molecule has 1 N–H and O–H groups in total. The van der Waals surface area contributed by atoms with Gasteiger partial charge in [-0.25, -0.2) is 9.78 Å². The maximum atomic E-state index is 12.0. The number of aromatic amines is 1. The van der Waals surface area contributed by atoms with Gasteiger partial charge >= 0.3 is 5.97 Å². The SMILES string of the molecule is O=C(OCCCc1nc2cc3ccccc3cc2[nH]1)c1ccc([N+](=O)[O-])cc1. The topological polar surface area (TPSA) is 98.1 Å². The standard InChI is InChI=1S/C21H17N3O4/c25-21(14-7-9-17(10-8-14)24(26)27)28-11-3-6-20-22-18-12-15-4-1-2-5-16(15)13-19(18)23-20/h1-2,4-5,7-10,12-13H,3,6,11H2,(H,22,23). The number of hydrogen-bond acceptors (Lipinski definition) is 5. The summed E-state index contributed by atoms with van der Waals surface area (Å²) in [6, 6.07) is 17.6. The first-order valence-corrected chi connectivity index (χ1v) is 8.89. The van der Waals surface area contributed by atoms with Crippen molar-refractivity contribution in [1.82, 2.24) is 9.97 Å². The van der Waals surface area contributed by atoms with Crippen LogP contribution in [0.3, 0.4) is 0 Å². The summed E-state index contributed by atoms with van der Waals surface area (Å²) in [6.45, 7) is 0.245. The number of nitrogens with zero attached hydrogens (tertiary/aromatic N) is 2. The van der Waals surface area contributed by atoms with Crippen molar-refractivity contribution >= 4 is 33.5 Å². The zero-order valence-corrected chi connectivity index (χ0v) is 14.9. The van der Waals surface area contributed by atoms with Crippen LogP contribution in [0.2, 0.25) is 0 Å². The average Bonchev–Trinajstić information content (AvgIpc) is 3.10. The van der Waals surface area contributed by atoms with E-state index in [0.29, 0.717) is 18.4 Å². The van der Waals surface area contributed by atoms with Crippen molar-refractivity contribution in [2.24, 2.45) is 0 Å². The Morgan fingerprint density at radius 2 is 1.79 bits per heavy atom. The molecule has 0 saturated carbocycles. The number of rotatable bonds is 6. The summed E-state index contributed by atoms with van der Waals surface area (Å²) in [5.41, 5.74) is 2.13. The molecule has 7 heteroatoms. The van der Waals surface area contributed by atoms with Gasteiger partial charge in [-0.05, 0) is 41.5 Å². The van der Waals surface area contributed by atoms with Gasteiger partial charge in [0.15, 0.2) is 0 Å². The Morgan fingerprint density at radius 1 is 1.07 bits per heavy atom. The lowest BCUT2D eigenvalue weighted by molar-refractivity contribution is -0.384. The Bertz CT molecular complexity index is 1110. The lowest BCUT2D eigenvalue weighted by Crippen LogP contribution is -2.07. The molecule has 0 bridgehead atoms. The van der Waals surface area contributed by atoms with Crippen molar-refractivity contribution in [1.29, 1.82) is 0 Å². The van der Waals surface area contributed by atoms with E-state index in [-0.39, 0.29) is 12.3 Å². The van der Waals surface area contributed by atoms with Crippen molar-refractivity contribution in [3.63, 3.8) is 0 Å². The molecule has 0 spiro atoms. The summed E-state index contributed by atoms with van der Waals surface area (Å²) in [5, 5.41) is 12.9. The quantitative estimate of drug-likeness (QED) is 0.233. The summed E-state index contributed by atoms with van der Waals surface area (Å²) in [7, 11) is 0. The maximum absolute atomic E-state index is 12.0. The molecule has 4 rings (SSSR count). The van der Waals surface area contributed by atoms with Gasteiger partial charge in [0.1, 0.15) is 5.82 Å². The minimum atomic E-state index is -0.508. The van der Waals surface area contributed by atoms with Crippen LogP contribution in [-0.2, 0) is 11.2 Å². The second-order valence-corrected chi connectivity index (χ2v) is 6.44. The Labute approximate surface area is 160 Å². The molecule has 4 aromatic rings. The highest BCUT2D eigenvalue weighted by molar-refractivity contribution is 5.95. The zero-order chi connectivity index (χ0) is 19.5. The highest BCUT2D eigenvalue weighted by atomic mass is 16.6. The molecule has 0 radical (unpaired) electrons. The maximum Gasteiger partial charge on any atom is 0.338 e. The highest BCUT2D eigenvalue weighted by Crippen LogP contribution is 2.21. The van der Waals surface area contributed by atoms with Crippen LogP contribution in [0, 0.1) is 10.1 Å². The molecule has 28 heavy (non-hydrogen) atoms. The molecule has 0 unspecified atom stereocenters. The summed E-state index contributed by atoms with van der Waals surface area (Å²) < 4.78 is 5.24. The van der Waals surface area contributed by atoms with Gasteiger partial charge in [-0.3, -0.25) is 10.1 Å². The second kappa shape index (κ2) is 7.48. The molecule has 0 aliphatic carbocycles. The van der Waals surface area contributed by atoms with E-state index >= 15 is 0 Å². The van der Waals surface area contributed by atoms with Crippen LogP contribution in [0.4, 0.5) is 5.69 Å². The Kier molecular flexibility index (Phi) is 4.72. The fraction of sp³-hybridized carbons (Fsp3) is 0.143. The third-order valence-electron chi connectivity index (χ3n) is 4.50. The van der Waals surface area contributed by atoms with Crippen LogP contribution < -0.4 is 0 Å². The minimum absolute atomic E-state index is 0.0610. The first kappa shape index (κ1) is 17.7. The number of nitrogens with one attached hydrogen (secondary N) is 1. The molecule has 3 aromatic carbocycles. The van der Waals surface area contributed by atoms with Gasteiger partial charge in [-0.15, -0.1) is 0 Å². The number of non-ortho nitro benzene ring substituents is 1. The van der Waals surface area contributed by atoms with Gasteiger partial charge in [-0.1, -0.05) is 24.3 Å². The van der Waals surface area contributed by atoms with E-state index in [2.05, 4.69) is 34.2 Å². The molecule has 0 fully saturated rings. The van der Waals surface area contributed by atoms with Crippen LogP contribution in [0.25, 0.3) is 21.8 Å². The normalized spacial score (nSPS) is 11.0. The minimum Gasteiger partial charge on any atom is -0.462 e. The number of nitro groups is 1. The number of nitro benzene ring substituents is 1. The predicted octanol–water partition coefficient (Wildman–Crippen LogP) is 4.41. The average molecular weight is 375 g/mol. The van der Waals surface area contributed by atoms with Gasteiger partial charge < -0.3 is 9.72 Å². The lowest BCUT2D eigenvalue weighted by Gasteiger charge is -2.04. The van der Waals surface area contributed by atoms with Gasteiger partial charge in [0.25, 0.3) is 5.69 Å². The van der Waals surface area contributed by atoms with Gasteiger partial charge in [0.2, 0.25) is 0 Å². The molecule has 1 heterocycles. The summed E-state index contributed by atoms with van der Waals surface area (Å²) in [4.78, 5) is 30.0. The van der Waals surface area contributed by atoms with Crippen LogP contribution >= 0.6 is 0 Å². The molecule has 7 nitrogen and oxygen atoms in total. The summed E-state index contributed by atoms with van der Waals surface area (Å²) >= 11 is 0. The van der Waals surface area contributed by atoms with E-state index in [4.69, 9.17) is 4.74 Å². The van der Waals surface area contributed by atoms with E-state index in [9.17, 15) is 14.9 Å². The number of aromatic nitrogens is 2. The van der Waals surface area contributed by atoms with Crippen LogP contribution in [0.1, 0.15) is 22.6 Å². The molecule has 1 aromatic heterocycles. The van der Waals surface area contributed by atoms with E-state index in [0.717, 1.165) is 27.6 Å². The third-order valence-corrected chi connectivity index (χ3v) is 4.50. The number of imidazole rings is 1. The zero-order valence-electron chi connectivity index (χ0n) is 14.9. The second-order valence-electron chi connectivity index (χ2n) is 6.44. The number of ether oxygens (including phenoxy) is 1. The molecule has 140 valence electrons. The summed E-state index contributed by atoms with van der Waals surface area (Å²) in [6.07, 6.45) is 1.27. The van der Waals surface area contributed by atoms with Gasteiger partial charge in [0.05, 0.1) is 28.1 Å². The number of carbonyl (C=O) groups is 1. The molecule has 0 aliphatic rings. The number of esters is 1.